The molecule has 5 heteroatoms. The molecule has 0 aromatic heterocycles. The first-order chi connectivity index (χ1) is 13.4. The maximum absolute atomic E-state index is 6.03. The first-order valence-electron chi connectivity index (χ1n) is 10.8. The molecule has 4 rings (SSSR count). The van der Waals surface area contributed by atoms with Crippen LogP contribution >= 0.6 is 0 Å². The largest absolute Gasteiger partial charge is 0.494 e. The normalized spacial score (nSPS) is 25.3. The zero-order valence-corrected chi connectivity index (χ0v) is 16.7. The summed E-state index contributed by atoms with van der Waals surface area (Å²) in [6.07, 6.45) is 5.25. The summed E-state index contributed by atoms with van der Waals surface area (Å²) in [5.41, 5.74) is 1.38. The van der Waals surface area contributed by atoms with Crippen LogP contribution in [0, 0.1) is 0 Å². The number of fused-ring (bicyclic) bond motifs is 1. The van der Waals surface area contributed by atoms with Gasteiger partial charge in [-0.3, -0.25) is 14.7 Å². The van der Waals surface area contributed by atoms with E-state index in [1.807, 2.05) is 0 Å². The zero-order chi connectivity index (χ0) is 18.3. The number of ether oxygens (including phenoxy) is 2. The first-order valence-corrected chi connectivity index (χ1v) is 10.8. The van der Waals surface area contributed by atoms with E-state index in [9.17, 15) is 0 Å². The third kappa shape index (κ3) is 5.67. The summed E-state index contributed by atoms with van der Waals surface area (Å²) in [5.74, 6) is 1.02. The molecule has 0 bridgehead atoms. The number of hydrogen-bond donors (Lipinski definition) is 0. The van der Waals surface area contributed by atoms with Crippen molar-refractivity contribution in [3.05, 3.63) is 29.8 Å². The Bertz CT molecular complexity index is 576. The lowest BCUT2D eigenvalue weighted by atomic mass is 9.99. The highest BCUT2D eigenvalue weighted by molar-refractivity contribution is 5.28. The SMILES string of the molecule is c1cc(CN2CCN3CCCCC3C2)cc(OCCCN2CCOCC2)c1. The lowest BCUT2D eigenvalue weighted by molar-refractivity contribution is 0.0358. The van der Waals surface area contributed by atoms with Crippen LogP contribution in [0.25, 0.3) is 0 Å². The summed E-state index contributed by atoms with van der Waals surface area (Å²) in [4.78, 5) is 7.80. The number of rotatable bonds is 7. The Morgan fingerprint density at radius 1 is 1.00 bits per heavy atom. The van der Waals surface area contributed by atoms with Gasteiger partial charge in [0.25, 0.3) is 0 Å². The molecule has 1 unspecified atom stereocenters. The predicted octanol–water partition coefficient (Wildman–Crippen LogP) is 2.46. The molecule has 3 aliphatic rings. The topological polar surface area (TPSA) is 28.2 Å². The molecule has 0 N–H and O–H groups in total. The Kier molecular flexibility index (Phi) is 7.02. The second-order valence-electron chi connectivity index (χ2n) is 8.22. The molecule has 1 aromatic rings. The molecule has 0 amide bonds. The minimum atomic E-state index is 0.784. The molecule has 5 nitrogen and oxygen atoms in total. The van der Waals surface area contributed by atoms with Crippen molar-refractivity contribution in [2.45, 2.75) is 38.3 Å². The average Bonchev–Trinajstić information content (AvgIpc) is 2.72. The van der Waals surface area contributed by atoms with Gasteiger partial charge in [-0.25, -0.2) is 0 Å². The molecular formula is C22H35N3O2. The third-order valence-corrected chi connectivity index (χ3v) is 6.22. The minimum Gasteiger partial charge on any atom is -0.494 e. The number of nitrogens with zero attached hydrogens (tertiary/aromatic N) is 3. The second kappa shape index (κ2) is 9.87. The average molecular weight is 374 g/mol. The fourth-order valence-corrected chi connectivity index (χ4v) is 4.66. The van der Waals surface area contributed by atoms with E-state index >= 15 is 0 Å². The molecule has 0 radical (unpaired) electrons. The Morgan fingerprint density at radius 3 is 2.85 bits per heavy atom. The van der Waals surface area contributed by atoms with E-state index in [0.717, 1.165) is 64.2 Å². The van der Waals surface area contributed by atoms with E-state index in [4.69, 9.17) is 9.47 Å². The fourth-order valence-electron chi connectivity index (χ4n) is 4.66. The van der Waals surface area contributed by atoms with Gasteiger partial charge in [0, 0.05) is 51.9 Å². The van der Waals surface area contributed by atoms with Crippen molar-refractivity contribution >= 4 is 0 Å². The van der Waals surface area contributed by atoms with Gasteiger partial charge in [0.15, 0.2) is 0 Å². The van der Waals surface area contributed by atoms with Gasteiger partial charge >= 0.3 is 0 Å². The van der Waals surface area contributed by atoms with E-state index in [1.54, 1.807) is 0 Å². The Labute approximate surface area is 164 Å². The van der Waals surface area contributed by atoms with Gasteiger partial charge in [0.1, 0.15) is 5.75 Å². The summed E-state index contributed by atoms with van der Waals surface area (Å²) in [5, 5.41) is 0. The van der Waals surface area contributed by atoms with Crippen LogP contribution in [0.2, 0.25) is 0 Å². The maximum atomic E-state index is 6.03. The third-order valence-electron chi connectivity index (χ3n) is 6.22. The van der Waals surface area contributed by atoms with E-state index in [0.29, 0.717) is 0 Å². The summed E-state index contributed by atoms with van der Waals surface area (Å²) in [6.45, 7) is 11.8. The molecule has 0 spiro atoms. The van der Waals surface area contributed by atoms with Crippen molar-refractivity contribution in [1.29, 1.82) is 0 Å². The molecule has 27 heavy (non-hydrogen) atoms. The Balaban J connectivity index is 1.20. The van der Waals surface area contributed by atoms with E-state index in [1.165, 1.54) is 51.0 Å². The summed E-state index contributed by atoms with van der Waals surface area (Å²) in [7, 11) is 0. The second-order valence-corrected chi connectivity index (χ2v) is 8.22. The summed E-state index contributed by atoms with van der Waals surface area (Å²) < 4.78 is 11.4. The molecule has 3 saturated heterocycles. The van der Waals surface area contributed by atoms with Crippen molar-refractivity contribution in [2.24, 2.45) is 0 Å². The lowest BCUT2D eigenvalue weighted by Gasteiger charge is -2.44. The van der Waals surface area contributed by atoms with Crippen LogP contribution in [0.4, 0.5) is 0 Å². The van der Waals surface area contributed by atoms with Crippen molar-refractivity contribution in [3.63, 3.8) is 0 Å². The highest BCUT2D eigenvalue weighted by Gasteiger charge is 2.28. The summed E-state index contributed by atoms with van der Waals surface area (Å²) in [6, 6.07) is 9.50. The monoisotopic (exact) mass is 373 g/mol. The number of piperidine rings is 1. The van der Waals surface area contributed by atoms with Gasteiger partial charge < -0.3 is 9.47 Å². The van der Waals surface area contributed by atoms with E-state index in [2.05, 4.69) is 39.0 Å². The van der Waals surface area contributed by atoms with Crippen molar-refractivity contribution < 1.29 is 9.47 Å². The fraction of sp³-hybridized carbons (Fsp3) is 0.727. The number of piperazine rings is 1. The smallest absolute Gasteiger partial charge is 0.119 e. The van der Waals surface area contributed by atoms with Crippen LogP contribution in [-0.4, -0.2) is 86.4 Å². The molecule has 1 atom stereocenters. The molecule has 3 heterocycles. The standard InChI is InChI=1S/C22H35N3O2/c1-2-9-25-11-10-24(19-21(25)6-1)18-20-5-3-7-22(17-20)27-14-4-8-23-12-15-26-16-13-23/h3,5,7,17,21H,1-2,4,6,8-16,18-19H2. The molecular weight excluding hydrogens is 338 g/mol. The van der Waals surface area contributed by atoms with Crippen molar-refractivity contribution in [1.82, 2.24) is 14.7 Å². The lowest BCUT2D eigenvalue weighted by Crippen LogP contribution is -2.54. The van der Waals surface area contributed by atoms with Crippen LogP contribution in [0.5, 0.6) is 5.75 Å². The maximum Gasteiger partial charge on any atom is 0.119 e. The Hall–Kier alpha value is -1.14. The highest BCUT2D eigenvalue weighted by Crippen LogP contribution is 2.23. The zero-order valence-electron chi connectivity index (χ0n) is 16.7. The molecule has 0 aliphatic carbocycles. The van der Waals surface area contributed by atoms with Crippen molar-refractivity contribution in [3.8, 4) is 5.75 Å². The van der Waals surface area contributed by atoms with Crippen LogP contribution in [0.1, 0.15) is 31.2 Å². The van der Waals surface area contributed by atoms with Gasteiger partial charge in [-0.1, -0.05) is 18.6 Å². The molecule has 150 valence electrons. The minimum absolute atomic E-state index is 0.784. The quantitative estimate of drug-likeness (QED) is 0.685. The van der Waals surface area contributed by atoms with Crippen molar-refractivity contribution in [2.75, 3.05) is 65.6 Å². The number of benzene rings is 1. The van der Waals surface area contributed by atoms with Gasteiger partial charge in [-0.2, -0.15) is 0 Å². The highest BCUT2D eigenvalue weighted by atomic mass is 16.5. The molecule has 0 saturated carbocycles. The van der Waals surface area contributed by atoms with Gasteiger partial charge in [0.2, 0.25) is 0 Å². The Morgan fingerprint density at radius 2 is 1.93 bits per heavy atom. The van der Waals surface area contributed by atoms with E-state index < -0.39 is 0 Å². The van der Waals surface area contributed by atoms with Crippen LogP contribution in [-0.2, 0) is 11.3 Å². The van der Waals surface area contributed by atoms with Gasteiger partial charge in [-0.15, -0.1) is 0 Å². The van der Waals surface area contributed by atoms with Crippen LogP contribution in [0.15, 0.2) is 24.3 Å². The molecule has 3 fully saturated rings. The summed E-state index contributed by atoms with van der Waals surface area (Å²) >= 11 is 0. The van der Waals surface area contributed by atoms with Gasteiger partial charge in [0.05, 0.1) is 19.8 Å². The van der Waals surface area contributed by atoms with E-state index in [-0.39, 0.29) is 0 Å². The number of hydrogen-bond acceptors (Lipinski definition) is 5. The van der Waals surface area contributed by atoms with Crippen LogP contribution in [0.3, 0.4) is 0 Å². The molecule has 3 aliphatic heterocycles. The number of morpholine rings is 1. The van der Waals surface area contributed by atoms with Gasteiger partial charge in [-0.05, 0) is 43.5 Å². The predicted molar refractivity (Wildman–Crippen MR) is 108 cm³/mol. The molecule has 1 aromatic carbocycles. The first kappa shape index (κ1) is 19.2. The van der Waals surface area contributed by atoms with Crippen LogP contribution < -0.4 is 4.74 Å².